The zero-order chi connectivity index (χ0) is 11.1. The van der Waals surface area contributed by atoms with E-state index in [4.69, 9.17) is 11.6 Å². The summed E-state index contributed by atoms with van der Waals surface area (Å²) in [6.45, 7) is 4.21. The number of rotatable bonds is 6. The van der Waals surface area contributed by atoms with Crippen LogP contribution in [-0.2, 0) is 4.79 Å². The summed E-state index contributed by atoms with van der Waals surface area (Å²) < 4.78 is 0. The fraction of sp³-hybridized carbons (Fsp3) is 0.909. The second kappa shape index (κ2) is 7.10. The third kappa shape index (κ3) is 4.85. The summed E-state index contributed by atoms with van der Waals surface area (Å²) in [5, 5.41) is 0. The van der Waals surface area contributed by atoms with E-state index in [1.165, 1.54) is 0 Å². The first kappa shape index (κ1) is 13.8. The summed E-state index contributed by atoms with van der Waals surface area (Å²) in [7, 11) is 3.64. The maximum absolute atomic E-state index is 11.8. The van der Waals surface area contributed by atoms with Crippen molar-refractivity contribution >= 4 is 17.5 Å². The van der Waals surface area contributed by atoms with Gasteiger partial charge in [-0.15, -0.1) is 11.6 Å². The number of halogens is 1. The lowest BCUT2D eigenvalue weighted by Crippen LogP contribution is -2.32. The Bertz CT molecular complexity index is 169. The number of unbranched alkanes of at least 4 members (excludes halogenated alkanes) is 1. The van der Waals surface area contributed by atoms with Crippen LogP contribution >= 0.6 is 11.6 Å². The Morgan fingerprint density at radius 2 is 1.86 bits per heavy atom. The standard InChI is InChI=1S/C11H22ClNO/c1-9(2)10(7-5-6-8-12)11(14)13(3)4/h9-10H,5-8H2,1-4H3. The van der Waals surface area contributed by atoms with Crippen LogP contribution in [0.3, 0.4) is 0 Å². The number of hydrogen-bond donors (Lipinski definition) is 0. The van der Waals surface area contributed by atoms with Crippen molar-refractivity contribution in [2.24, 2.45) is 11.8 Å². The second-order valence-corrected chi connectivity index (χ2v) is 4.65. The van der Waals surface area contributed by atoms with Gasteiger partial charge >= 0.3 is 0 Å². The number of amides is 1. The van der Waals surface area contributed by atoms with Gasteiger partial charge in [0.15, 0.2) is 0 Å². The minimum absolute atomic E-state index is 0.160. The lowest BCUT2D eigenvalue weighted by molar-refractivity contribution is -0.134. The highest BCUT2D eigenvalue weighted by Crippen LogP contribution is 2.20. The minimum Gasteiger partial charge on any atom is -0.349 e. The van der Waals surface area contributed by atoms with Crippen molar-refractivity contribution in [3.8, 4) is 0 Å². The predicted octanol–water partition coefficient (Wildman–Crippen LogP) is 2.76. The Balaban J connectivity index is 4.09. The van der Waals surface area contributed by atoms with Crippen LogP contribution < -0.4 is 0 Å². The maximum atomic E-state index is 11.8. The van der Waals surface area contributed by atoms with Gasteiger partial charge in [0, 0.05) is 25.9 Å². The third-order valence-electron chi connectivity index (χ3n) is 2.46. The third-order valence-corrected chi connectivity index (χ3v) is 2.73. The molecule has 0 rings (SSSR count). The summed E-state index contributed by atoms with van der Waals surface area (Å²) >= 11 is 5.61. The summed E-state index contributed by atoms with van der Waals surface area (Å²) in [5.74, 6) is 1.52. The van der Waals surface area contributed by atoms with Crippen LogP contribution in [0.15, 0.2) is 0 Å². The van der Waals surface area contributed by atoms with Gasteiger partial charge in [-0.2, -0.15) is 0 Å². The first-order chi connectivity index (χ1) is 6.50. The van der Waals surface area contributed by atoms with Gasteiger partial charge in [-0.05, 0) is 18.8 Å². The summed E-state index contributed by atoms with van der Waals surface area (Å²) in [6.07, 6.45) is 3.01. The Morgan fingerprint density at radius 1 is 1.29 bits per heavy atom. The van der Waals surface area contributed by atoms with Crippen molar-refractivity contribution in [2.75, 3.05) is 20.0 Å². The average molecular weight is 220 g/mol. The number of carbonyl (C=O) groups excluding carboxylic acids is 1. The number of nitrogens with zero attached hydrogens (tertiary/aromatic N) is 1. The van der Waals surface area contributed by atoms with Crippen molar-refractivity contribution in [3.05, 3.63) is 0 Å². The second-order valence-electron chi connectivity index (χ2n) is 4.27. The lowest BCUT2D eigenvalue weighted by atomic mass is 9.89. The molecule has 0 fully saturated rings. The molecule has 0 bridgehead atoms. The van der Waals surface area contributed by atoms with E-state index in [1.807, 2.05) is 14.1 Å². The highest BCUT2D eigenvalue weighted by Gasteiger charge is 2.22. The molecule has 3 heteroatoms. The molecular weight excluding hydrogens is 198 g/mol. The van der Waals surface area contributed by atoms with Gasteiger partial charge in [0.1, 0.15) is 0 Å². The Morgan fingerprint density at radius 3 is 2.21 bits per heavy atom. The largest absolute Gasteiger partial charge is 0.349 e. The Hall–Kier alpha value is -0.240. The van der Waals surface area contributed by atoms with Crippen LogP contribution in [0.4, 0.5) is 0 Å². The highest BCUT2D eigenvalue weighted by molar-refractivity contribution is 6.17. The van der Waals surface area contributed by atoms with Gasteiger partial charge < -0.3 is 4.90 Å². The molecule has 0 N–H and O–H groups in total. The van der Waals surface area contributed by atoms with E-state index >= 15 is 0 Å². The van der Waals surface area contributed by atoms with E-state index in [0.29, 0.717) is 11.8 Å². The van der Waals surface area contributed by atoms with Gasteiger partial charge in [0.2, 0.25) is 5.91 Å². The first-order valence-corrected chi connectivity index (χ1v) is 5.81. The van der Waals surface area contributed by atoms with Gasteiger partial charge in [0.05, 0.1) is 0 Å². The molecule has 0 aromatic carbocycles. The molecule has 1 atom stereocenters. The van der Waals surface area contributed by atoms with Gasteiger partial charge in [-0.25, -0.2) is 0 Å². The van der Waals surface area contributed by atoms with Crippen molar-refractivity contribution < 1.29 is 4.79 Å². The topological polar surface area (TPSA) is 20.3 Å². The van der Waals surface area contributed by atoms with E-state index in [1.54, 1.807) is 4.90 Å². The molecule has 0 spiro atoms. The van der Waals surface area contributed by atoms with E-state index in [0.717, 1.165) is 19.3 Å². The zero-order valence-corrected chi connectivity index (χ0v) is 10.5. The molecule has 14 heavy (non-hydrogen) atoms. The number of carbonyl (C=O) groups is 1. The SMILES string of the molecule is CC(C)C(CCCCCl)C(=O)N(C)C. The van der Waals surface area contributed by atoms with Crippen molar-refractivity contribution in [1.29, 1.82) is 0 Å². The van der Waals surface area contributed by atoms with Gasteiger partial charge in [0.25, 0.3) is 0 Å². The summed E-state index contributed by atoms with van der Waals surface area (Å²) in [4.78, 5) is 13.5. The molecular formula is C11H22ClNO. The van der Waals surface area contributed by atoms with Gasteiger partial charge in [-0.3, -0.25) is 4.79 Å². The van der Waals surface area contributed by atoms with Crippen molar-refractivity contribution in [2.45, 2.75) is 33.1 Å². The fourth-order valence-electron chi connectivity index (χ4n) is 1.53. The summed E-state index contributed by atoms with van der Waals surface area (Å²) in [6, 6.07) is 0. The van der Waals surface area contributed by atoms with Crippen LogP contribution in [0.1, 0.15) is 33.1 Å². The fourth-order valence-corrected chi connectivity index (χ4v) is 1.72. The smallest absolute Gasteiger partial charge is 0.225 e. The quantitative estimate of drug-likeness (QED) is 0.497. The number of hydrogen-bond acceptors (Lipinski definition) is 1. The molecule has 0 saturated heterocycles. The normalized spacial score (nSPS) is 13.0. The Kier molecular flexibility index (Phi) is 6.98. The molecule has 0 aromatic rings. The molecule has 1 amide bonds. The van der Waals surface area contributed by atoms with E-state index in [-0.39, 0.29) is 11.8 Å². The zero-order valence-electron chi connectivity index (χ0n) is 9.72. The van der Waals surface area contributed by atoms with Crippen LogP contribution in [-0.4, -0.2) is 30.8 Å². The average Bonchev–Trinajstić information content (AvgIpc) is 2.10. The first-order valence-electron chi connectivity index (χ1n) is 5.27. The maximum Gasteiger partial charge on any atom is 0.225 e. The van der Waals surface area contributed by atoms with E-state index < -0.39 is 0 Å². The minimum atomic E-state index is 0.160. The van der Waals surface area contributed by atoms with Crippen LogP contribution in [0, 0.1) is 11.8 Å². The molecule has 0 aliphatic rings. The highest BCUT2D eigenvalue weighted by atomic mass is 35.5. The molecule has 0 radical (unpaired) electrons. The van der Waals surface area contributed by atoms with Crippen LogP contribution in [0.5, 0.6) is 0 Å². The molecule has 0 saturated carbocycles. The van der Waals surface area contributed by atoms with E-state index in [9.17, 15) is 4.79 Å². The molecule has 2 nitrogen and oxygen atoms in total. The van der Waals surface area contributed by atoms with Crippen molar-refractivity contribution in [1.82, 2.24) is 4.90 Å². The monoisotopic (exact) mass is 219 g/mol. The van der Waals surface area contributed by atoms with Crippen molar-refractivity contribution in [3.63, 3.8) is 0 Å². The lowest BCUT2D eigenvalue weighted by Gasteiger charge is -2.23. The van der Waals surface area contributed by atoms with Crippen LogP contribution in [0.25, 0.3) is 0 Å². The molecule has 0 aliphatic heterocycles. The van der Waals surface area contributed by atoms with E-state index in [2.05, 4.69) is 13.8 Å². The summed E-state index contributed by atoms with van der Waals surface area (Å²) in [5.41, 5.74) is 0. The van der Waals surface area contributed by atoms with Crippen LogP contribution in [0.2, 0.25) is 0 Å². The Labute approximate surface area is 92.6 Å². The molecule has 84 valence electrons. The molecule has 0 aliphatic carbocycles. The number of alkyl halides is 1. The predicted molar refractivity (Wildman–Crippen MR) is 61.6 cm³/mol. The molecule has 1 unspecified atom stereocenters. The molecule has 0 aromatic heterocycles. The van der Waals surface area contributed by atoms with Gasteiger partial charge in [-0.1, -0.05) is 20.3 Å². The molecule has 0 heterocycles.